The Morgan fingerprint density at radius 3 is 2.28 bits per heavy atom. The van der Waals surface area contributed by atoms with Gasteiger partial charge in [0.2, 0.25) is 0 Å². The lowest BCUT2D eigenvalue weighted by atomic mass is 10.0. The predicted octanol–water partition coefficient (Wildman–Crippen LogP) is 3.66. The lowest BCUT2D eigenvalue weighted by Gasteiger charge is -2.35. The summed E-state index contributed by atoms with van der Waals surface area (Å²) in [5, 5.41) is 0. The summed E-state index contributed by atoms with van der Waals surface area (Å²) in [6.07, 6.45) is 0.120. The predicted molar refractivity (Wildman–Crippen MR) is 86.7 cm³/mol. The van der Waals surface area contributed by atoms with Crippen molar-refractivity contribution in [1.82, 2.24) is 9.47 Å². The first-order chi connectivity index (χ1) is 11.9. The van der Waals surface area contributed by atoms with E-state index < -0.39 is 24.7 Å². The van der Waals surface area contributed by atoms with Crippen molar-refractivity contribution >= 4 is 5.91 Å². The molecular weight excluding hydrogens is 333 g/mol. The largest absolute Gasteiger partial charge is 0.406 e. The van der Waals surface area contributed by atoms with E-state index in [1.54, 1.807) is 24.3 Å². The van der Waals surface area contributed by atoms with Gasteiger partial charge in [-0.05, 0) is 49.2 Å². The molecule has 1 saturated heterocycles. The number of benzene rings is 1. The van der Waals surface area contributed by atoms with Crippen LogP contribution in [0.5, 0.6) is 0 Å². The van der Waals surface area contributed by atoms with Crippen LogP contribution in [0, 0.1) is 0 Å². The molecule has 2 aromatic rings. The molecule has 0 bridgehead atoms. The van der Waals surface area contributed by atoms with Crippen molar-refractivity contribution in [3.05, 3.63) is 54.4 Å². The van der Waals surface area contributed by atoms with Gasteiger partial charge in [-0.1, -0.05) is 0 Å². The third-order valence-corrected chi connectivity index (χ3v) is 4.26. The first-order valence-corrected chi connectivity index (χ1v) is 8.13. The van der Waals surface area contributed by atoms with Crippen LogP contribution >= 0.6 is 0 Å². The third-order valence-electron chi connectivity index (χ3n) is 4.26. The quantitative estimate of drug-likeness (QED) is 0.842. The summed E-state index contributed by atoms with van der Waals surface area (Å²) in [5.41, 5.74) is 1.10. The second-order valence-corrected chi connectivity index (χ2v) is 6.03. The molecule has 0 N–H and O–H groups in total. The van der Waals surface area contributed by atoms with Crippen molar-refractivity contribution < 1.29 is 22.7 Å². The zero-order valence-corrected chi connectivity index (χ0v) is 13.6. The number of carbonyl (C=O) groups is 1. The summed E-state index contributed by atoms with van der Waals surface area (Å²) in [6.45, 7) is -0.492. The lowest BCUT2D eigenvalue weighted by Crippen LogP contribution is -2.47. The Labute approximate surface area is 143 Å². The summed E-state index contributed by atoms with van der Waals surface area (Å²) >= 11 is 0. The van der Waals surface area contributed by atoms with Gasteiger partial charge >= 0.3 is 6.18 Å². The normalized spacial score (nSPS) is 16.0. The lowest BCUT2D eigenvalue weighted by molar-refractivity contribution is -0.147. The van der Waals surface area contributed by atoms with Gasteiger partial charge in [-0.25, -0.2) is 0 Å². The highest BCUT2D eigenvalue weighted by Gasteiger charge is 2.37. The van der Waals surface area contributed by atoms with Crippen LogP contribution in [0.3, 0.4) is 0 Å². The smallest absolute Gasteiger partial charge is 0.381 e. The molecule has 0 unspecified atom stereocenters. The van der Waals surface area contributed by atoms with Crippen LogP contribution < -0.4 is 0 Å². The molecule has 2 heterocycles. The van der Waals surface area contributed by atoms with Gasteiger partial charge in [-0.15, -0.1) is 0 Å². The van der Waals surface area contributed by atoms with Crippen molar-refractivity contribution in [3.63, 3.8) is 0 Å². The first kappa shape index (κ1) is 17.5. The molecule has 1 aromatic heterocycles. The summed E-state index contributed by atoms with van der Waals surface area (Å²) in [4.78, 5) is 13.6. The third kappa shape index (κ3) is 4.42. The van der Waals surface area contributed by atoms with E-state index >= 15 is 0 Å². The molecule has 0 radical (unpaired) electrons. The van der Waals surface area contributed by atoms with Gasteiger partial charge in [0.05, 0.1) is 0 Å². The van der Waals surface area contributed by atoms with E-state index in [0.29, 0.717) is 26.1 Å². The SMILES string of the molecule is O=C(c1ccc(-n2cccc2)cc1)N(CC(F)(F)F)C1CCOCC1. The monoisotopic (exact) mass is 352 g/mol. The average Bonchev–Trinajstić information content (AvgIpc) is 3.14. The number of hydrogen-bond acceptors (Lipinski definition) is 2. The molecule has 1 fully saturated rings. The summed E-state index contributed by atoms with van der Waals surface area (Å²) in [5.74, 6) is -0.594. The van der Waals surface area contributed by atoms with E-state index in [9.17, 15) is 18.0 Å². The van der Waals surface area contributed by atoms with Crippen molar-refractivity contribution in [2.75, 3.05) is 19.8 Å². The van der Waals surface area contributed by atoms with Gasteiger partial charge in [0.25, 0.3) is 5.91 Å². The number of amides is 1. The molecule has 3 rings (SSSR count). The Balaban J connectivity index is 1.81. The topological polar surface area (TPSA) is 34.5 Å². The number of alkyl halides is 3. The molecule has 4 nitrogen and oxygen atoms in total. The molecule has 1 aromatic carbocycles. The van der Waals surface area contributed by atoms with Crippen molar-refractivity contribution in [2.45, 2.75) is 25.1 Å². The number of hydrogen-bond donors (Lipinski definition) is 0. The van der Waals surface area contributed by atoms with Crippen molar-refractivity contribution in [3.8, 4) is 5.69 Å². The standard InChI is InChI=1S/C18H19F3N2O2/c19-18(20,21)13-23(16-7-11-25-12-8-16)17(24)14-3-5-15(6-4-14)22-9-1-2-10-22/h1-6,9-10,16H,7-8,11-13H2. The number of aromatic nitrogens is 1. The molecule has 7 heteroatoms. The van der Waals surface area contributed by atoms with Gasteiger partial charge in [0.1, 0.15) is 6.54 Å². The van der Waals surface area contributed by atoms with Crippen LogP contribution in [0.1, 0.15) is 23.2 Å². The summed E-state index contributed by atoms with van der Waals surface area (Å²) < 4.78 is 45.9. The highest BCUT2D eigenvalue weighted by molar-refractivity contribution is 5.94. The maximum absolute atomic E-state index is 13.0. The molecule has 0 saturated carbocycles. The summed E-state index contributed by atoms with van der Waals surface area (Å²) in [7, 11) is 0. The van der Waals surface area contributed by atoms with Gasteiger partial charge in [0.15, 0.2) is 0 Å². The Bertz CT molecular complexity index is 690. The van der Waals surface area contributed by atoms with E-state index in [2.05, 4.69) is 0 Å². The number of rotatable bonds is 4. The first-order valence-electron chi connectivity index (χ1n) is 8.13. The molecule has 25 heavy (non-hydrogen) atoms. The maximum atomic E-state index is 13.0. The zero-order chi connectivity index (χ0) is 17.9. The Morgan fingerprint density at radius 2 is 1.72 bits per heavy atom. The fraction of sp³-hybridized carbons (Fsp3) is 0.389. The Hall–Kier alpha value is -2.28. The number of ether oxygens (including phenoxy) is 1. The highest BCUT2D eigenvalue weighted by atomic mass is 19.4. The number of nitrogens with zero attached hydrogens (tertiary/aromatic N) is 2. The minimum absolute atomic E-state index is 0.256. The van der Waals surface area contributed by atoms with Crippen LogP contribution in [0.4, 0.5) is 13.2 Å². The van der Waals surface area contributed by atoms with Crippen molar-refractivity contribution in [2.24, 2.45) is 0 Å². The van der Waals surface area contributed by atoms with Crippen molar-refractivity contribution in [1.29, 1.82) is 0 Å². The average molecular weight is 352 g/mol. The van der Waals surface area contributed by atoms with Crippen LogP contribution in [-0.4, -0.2) is 47.4 Å². The highest BCUT2D eigenvalue weighted by Crippen LogP contribution is 2.24. The van der Waals surface area contributed by atoms with Gasteiger partial charge in [-0.3, -0.25) is 4.79 Å². The number of carbonyl (C=O) groups excluding carboxylic acids is 1. The second kappa shape index (κ2) is 7.31. The molecule has 0 atom stereocenters. The van der Waals surface area contributed by atoms with E-state index in [-0.39, 0.29) is 5.56 Å². The summed E-state index contributed by atoms with van der Waals surface area (Å²) in [6, 6.07) is 9.88. The fourth-order valence-electron chi connectivity index (χ4n) is 3.01. The van der Waals surface area contributed by atoms with Crippen LogP contribution in [0.25, 0.3) is 5.69 Å². The minimum atomic E-state index is -4.43. The maximum Gasteiger partial charge on any atom is 0.406 e. The van der Waals surface area contributed by atoms with Gasteiger partial charge in [-0.2, -0.15) is 13.2 Å². The number of halogens is 3. The Morgan fingerprint density at radius 1 is 1.12 bits per heavy atom. The van der Waals surface area contributed by atoms with E-state index in [1.165, 1.54) is 0 Å². The van der Waals surface area contributed by atoms with E-state index in [4.69, 9.17) is 4.74 Å². The molecule has 0 spiro atoms. The van der Waals surface area contributed by atoms with Crippen LogP contribution in [-0.2, 0) is 4.74 Å². The molecule has 0 aliphatic carbocycles. The van der Waals surface area contributed by atoms with Crippen LogP contribution in [0.15, 0.2) is 48.8 Å². The van der Waals surface area contributed by atoms with E-state index in [1.807, 2.05) is 29.1 Å². The van der Waals surface area contributed by atoms with E-state index in [0.717, 1.165) is 10.6 Å². The fourth-order valence-corrected chi connectivity index (χ4v) is 3.01. The molecular formula is C18H19F3N2O2. The van der Waals surface area contributed by atoms with Gasteiger partial charge < -0.3 is 14.2 Å². The molecule has 1 aliphatic heterocycles. The van der Waals surface area contributed by atoms with Gasteiger partial charge in [0, 0.05) is 42.9 Å². The Kier molecular flexibility index (Phi) is 5.13. The molecule has 1 aliphatic rings. The second-order valence-electron chi connectivity index (χ2n) is 6.03. The minimum Gasteiger partial charge on any atom is -0.381 e. The molecule has 1 amide bonds. The van der Waals surface area contributed by atoms with Crippen LogP contribution in [0.2, 0.25) is 0 Å². The zero-order valence-electron chi connectivity index (χ0n) is 13.6. The molecule has 134 valence electrons.